The van der Waals surface area contributed by atoms with E-state index in [-0.39, 0.29) is 24.4 Å². The fourth-order valence-electron chi connectivity index (χ4n) is 1.32. The van der Waals surface area contributed by atoms with Gasteiger partial charge in [0.15, 0.2) is 0 Å². The zero-order chi connectivity index (χ0) is 14.4. The second-order valence-corrected chi connectivity index (χ2v) is 6.70. The quantitative estimate of drug-likeness (QED) is 0.441. The highest BCUT2D eigenvalue weighted by atomic mass is 127. The fraction of sp³-hybridized carbons (Fsp3) is 0.462. The second kappa shape index (κ2) is 10.0. The maximum Gasteiger partial charge on any atom is 0.265 e. The number of halogens is 3. The zero-order valence-electron chi connectivity index (χ0n) is 11.6. The summed E-state index contributed by atoms with van der Waals surface area (Å²) in [6, 6.07) is 3.88. The molecular weight excluding hydrogens is 505 g/mol. The van der Waals surface area contributed by atoms with Gasteiger partial charge in [-0.25, -0.2) is 5.43 Å². The fourth-order valence-corrected chi connectivity index (χ4v) is 3.39. The minimum absolute atomic E-state index is 0. The predicted molar refractivity (Wildman–Crippen MR) is 101 cm³/mol. The van der Waals surface area contributed by atoms with Crippen molar-refractivity contribution in [2.24, 2.45) is 0 Å². The Bertz CT molecular complexity index is 433. The number of benzene rings is 1. The molecule has 114 valence electrons. The Labute approximate surface area is 153 Å². The number of ether oxygens (including phenoxy) is 1. The first-order valence-corrected chi connectivity index (χ1v) is 8.29. The maximum absolute atomic E-state index is 12.0. The van der Waals surface area contributed by atoms with Crippen LogP contribution in [-0.4, -0.2) is 18.6 Å². The van der Waals surface area contributed by atoms with Crippen LogP contribution in [0.1, 0.15) is 37.6 Å². The van der Waals surface area contributed by atoms with E-state index in [1.165, 1.54) is 0 Å². The van der Waals surface area contributed by atoms with Crippen molar-refractivity contribution in [3.8, 4) is 5.75 Å². The highest BCUT2D eigenvalue weighted by Gasteiger charge is 2.13. The zero-order valence-corrected chi connectivity index (χ0v) is 16.8. The standard InChI is InChI=1S/C13H18I2N2O2.ClH/c1-4-5-19-12-10(14)6-9(7-11(12)15)13(18)17-16-8(2)3;/h6-8,16H,4-5H2,1-3H3,(H,17,18);1H. The molecule has 20 heavy (non-hydrogen) atoms. The molecule has 0 spiro atoms. The third-order valence-corrected chi connectivity index (χ3v) is 3.79. The maximum atomic E-state index is 12.0. The molecule has 1 aromatic carbocycles. The van der Waals surface area contributed by atoms with Gasteiger partial charge in [-0.15, -0.1) is 12.4 Å². The van der Waals surface area contributed by atoms with Crippen LogP contribution in [0.5, 0.6) is 5.75 Å². The predicted octanol–water partition coefficient (Wildman–Crippen LogP) is 3.75. The summed E-state index contributed by atoms with van der Waals surface area (Å²) < 4.78 is 7.59. The SMILES string of the molecule is CCCOc1c(I)cc(C(=O)NNC(C)C)cc1I.Cl. The van der Waals surface area contributed by atoms with Gasteiger partial charge in [-0.3, -0.25) is 10.2 Å². The highest BCUT2D eigenvalue weighted by molar-refractivity contribution is 14.1. The van der Waals surface area contributed by atoms with Gasteiger partial charge in [-0.05, 0) is 77.6 Å². The van der Waals surface area contributed by atoms with E-state index in [1.54, 1.807) is 0 Å². The number of carbonyl (C=O) groups excluding carboxylic acids is 1. The van der Waals surface area contributed by atoms with Crippen molar-refractivity contribution < 1.29 is 9.53 Å². The van der Waals surface area contributed by atoms with Crippen molar-refractivity contribution in [1.29, 1.82) is 0 Å². The summed E-state index contributed by atoms with van der Waals surface area (Å²) in [5.41, 5.74) is 6.21. The van der Waals surface area contributed by atoms with Gasteiger partial charge in [0.25, 0.3) is 5.91 Å². The molecule has 0 fully saturated rings. The monoisotopic (exact) mass is 524 g/mol. The molecule has 0 aliphatic carbocycles. The average Bonchev–Trinajstić information content (AvgIpc) is 2.34. The van der Waals surface area contributed by atoms with E-state index in [2.05, 4.69) is 63.0 Å². The Morgan fingerprint density at radius 2 is 1.85 bits per heavy atom. The Morgan fingerprint density at radius 1 is 1.30 bits per heavy atom. The van der Waals surface area contributed by atoms with Crippen molar-refractivity contribution in [3.05, 3.63) is 24.8 Å². The van der Waals surface area contributed by atoms with Crippen LogP contribution in [0.4, 0.5) is 0 Å². The summed E-state index contributed by atoms with van der Waals surface area (Å²) in [5, 5.41) is 0. The van der Waals surface area contributed by atoms with Gasteiger partial charge < -0.3 is 4.74 Å². The molecule has 0 bridgehead atoms. The third-order valence-electron chi connectivity index (χ3n) is 2.19. The van der Waals surface area contributed by atoms with Gasteiger partial charge in [0, 0.05) is 11.6 Å². The van der Waals surface area contributed by atoms with Crippen LogP contribution in [0.2, 0.25) is 0 Å². The van der Waals surface area contributed by atoms with Crippen LogP contribution >= 0.6 is 57.6 Å². The summed E-state index contributed by atoms with van der Waals surface area (Å²) in [6.45, 7) is 6.69. The largest absolute Gasteiger partial charge is 0.491 e. The molecule has 0 aromatic heterocycles. The van der Waals surface area contributed by atoms with Crippen LogP contribution in [-0.2, 0) is 0 Å². The second-order valence-electron chi connectivity index (χ2n) is 4.37. The van der Waals surface area contributed by atoms with Crippen LogP contribution in [0.25, 0.3) is 0 Å². The number of rotatable bonds is 6. The number of amides is 1. The topological polar surface area (TPSA) is 50.4 Å². The Balaban J connectivity index is 0.00000361. The molecule has 0 unspecified atom stereocenters. The summed E-state index contributed by atoms with van der Waals surface area (Å²) in [6.07, 6.45) is 0.965. The van der Waals surface area contributed by atoms with Crippen molar-refractivity contribution in [1.82, 2.24) is 10.9 Å². The molecule has 0 atom stereocenters. The number of nitrogens with one attached hydrogen (secondary N) is 2. The van der Waals surface area contributed by atoms with Gasteiger partial charge >= 0.3 is 0 Å². The molecule has 0 radical (unpaired) electrons. The lowest BCUT2D eigenvalue weighted by Gasteiger charge is -2.13. The Hall–Kier alpha value is 0.200. The van der Waals surface area contributed by atoms with E-state index in [1.807, 2.05) is 26.0 Å². The molecule has 4 nitrogen and oxygen atoms in total. The lowest BCUT2D eigenvalue weighted by Crippen LogP contribution is -2.41. The number of hydrogen-bond acceptors (Lipinski definition) is 3. The van der Waals surface area contributed by atoms with Gasteiger partial charge in [-0.1, -0.05) is 6.92 Å². The highest BCUT2D eigenvalue weighted by Crippen LogP contribution is 2.29. The van der Waals surface area contributed by atoms with Gasteiger partial charge in [0.1, 0.15) is 5.75 Å². The van der Waals surface area contributed by atoms with Crippen molar-refractivity contribution >= 4 is 63.5 Å². The molecule has 0 aliphatic rings. The normalized spacial score (nSPS) is 10.1. The first-order chi connectivity index (χ1) is 8.95. The van der Waals surface area contributed by atoms with Crippen molar-refractivity contribution in [2.75, 3.05) is 6.61 Å². The molecule has 0 heterocycles. The lowest BCUT2D eigenvalue weighted by molar-refractivity contribution is 0.0927. The molecular formula is C13H19ClI2N2O2. The molecule has 0 saturated carbocycles. The lowest BCUT2D eigenvalue weighted by atomic mass is 10.2. The van der Waals surface area contributed by atoms with Gasteiger partial charge in [0.05, 0.1) is 13.7 Å². The van der Waals surface area contributed by atoms with Crippen LogP contribution < -0.4 is 15.6 Å². The van der Waals surface area contributed by atoms with E-state index in [0.29, 0.717) is 12.2 Å². The Kier molecular flexibility index (Phi) is 10.1. The van der Waals surface area contributed by atoms with E-state index in [0.717, 1.165) is 19.3 Å². The van der Waals surface area contributed by atoms with E-state index in [4.69, 9.17) is 4.74 Å². The summed E-state index contributed by atoms with van der Waals surface area (Å²) in [5.74, 6) is 0.725. The van der Waals surface area contributed by atoms with Gasteiger partial charge in [-0.2, -0.15) is 0 Å². The number of hydrazine groups is 1. The molecule has 1 aromatic rings. The Morgan fingerprint density at radius 3 is 2.30 bits per heavy atom. The summed E-state index contributed by atoms with van der Waals surface area (Å²) in [4.78, 5) is 12.0. The third kappa shape index (κ3) is 6.31. The van der Waals surface area contributed by atoms with Gasteiger partial charge in [0.2, 0.25) is 0 Å². The van der Waals surface area contributed by atoms with Crippen LogP contribution in [0.3, 0.4) is 0 Å². The van der Waals surface area contributed by atoms with E-state index < -0.39 is 0 Å². The van der Waals surface area contributed by atoms with E-state index in [9.17, 15) is 4.79 Å². The minimum Gasteiger partial charge on any atom is -0.491 e. The molecule has 1 amide bonds. The van der Waals surface area contributed by atoms with Crippen LogP contribution in [0.15, 0.2) is 12.1 Å². The van der Waals surface area contributed by atoms with Crippen molar-refractivity contribution in [2.45, 2.75) is 33.2 Å². The summed E-state index contributed by atoms with van der Waals surface area (Å²) in [7, 11) is 0. The van der Waals surface area contributed by atoms with Crippen molar-refractivity contribution in [3.63, 3.8) is 0 Å². The average molecular weight is 525 g/mol. The molecule has 0 saturated heterocycles. The minimum atomic E-state index is -0.133. The van der Waals surface area contributed by atoms with E-state index >= 15 is 0 Å². The summed E-state index contributed by atoms with van der Waals surface area (Å²) >= 11 is 4.39. The first kappa shape index (κ1) is 20.2. The number of carbonyl (C=O) groups is 1. The molecule has 1 rings (SSSR count). The molecule has 2 N–H and O–H groups in total. The number of hydrogen-bond donors (Lipinski definition) is 2. The molecule has 7 heteroatoms. The van der Waals surface area contributed by atoms with Crippen LogP contribution in [0, 0.1) is 7.14 Å². The first-order valence-electron chi connectivity index (χ1n) is 6.13. The molecule has 0 aliphatic heterocycles. The smallest absolute Gasteiger partial charge is 0.265 e.